The lowest BCUT2D eigenvalue weighted by Gasteiger charge is -2.40. The number of nitrogens with one attached hydrogen (secondary N) is 1. The Morgan fingerprint density at radius 3 is 2.38 bits per heavy atom. The van der Waals surface area contributed by atoms with Crippen LogP contribution in [0.4, 0.5) is 0 Å². The van der Waals surface area contributed by atoms with E-state index >= 15 is 4.79 Å². The second-order valence-corrected chi connectivity index (χ2v) is 15.2. The second-order valence-electron chi connectivity index (χ2n) is 14.0. The summed E-state index contributed by atoms with van der Waals surface area (Å²) >= 11 is 3.75. The van der Waals surface area contributed by atoms with E-state index < -0.39 is 60.2 Å². The molecule has 2 aromatic carbocycles. The molecule has 2 aromatic rings. The summed E-state index contributed by atoms with van der Waals surface area (Å²) in [5.74, 6) is -3.75. The molecule has 12 nitrogen and oxygen atoms in total. The van der Waals surface area contributed by atoms with Crippen LogP contribution in [-0.4, -0.2) is 125 Å². The highest BCUT2D eigenvalue weighted by Gasteiger charge is 2.77. The Morgan fingerprint density at radius 1 is 1.06 bits per heavy atom. The number of aliphatic hydroxyl groups is 1. The zero-order chi connectivity index (χ0) is 37.5. The van der Waals surface area contributed by atoms with E-state index in [1.165, 1.54) is 4.90 Å². The van der Waals surface area contributed by atoms with Gasteiger partial charge in [0, 0.05) is 44.0 Å². The largest absolute Gasteiger partial charge is 0.455 e. The van der Waals surface area contributed by atoms with Crippen molar-refractivity contribution in [2.24, 2.45) is 11.8 Å². The minimum Gasteiger partial charge on any atom is -0.455 e. The molecule has 0 aliphatic carbocycles. The number of hydrogen-bond donors (Lipinski definition) is 2. The molecule has 53 heavy (non-hydrogen) atoms. The number of ether oxygens (including phenoxy) is 3. The van der Waals surface area contributed by atoms with Crippen LogP contribution in [0, 0.1) is 11.8 Å². The Balaban J connectivity index is 1.34. The highest BCUT2D eigenvalue weighted by molar-refractivity contribution is 9.09. The van der Waals surface area contributed by atoms with E-state index in [4.69, 9.17) is 14.2 Å². The molecule has 3 amide bonds. The van der Waals surface area contributed by atoms with Gasteiger partial charge >= 0.3 is 5.97 Å². The molecule has 4 saturated heterocycles. The summed E-state index contributed by atoms with van der Waals surface area (Å²) in [7, 11) is 0. The van der Waals surface area contributed by atoms with Gasteiger partial charge in [-0.15, -0.1) is 13.2 Å². The molecule has 2 N–H and O–H groups in total. The molecule has 4 aliphatic rings. The van der Waals surface area contributed by atoms with Crippen molar-refractivity contribution in [3.8, 4) is 0 Å². The molecule has 0 saturated carbocycles. The van der Waals surface area contributed by atoms with Crippen molar-refractivity contribution in [3.63, 3.8) is 0 Å². The van der Waals surface area contributed by atoms with Crippen LogP contribution < -0.4 is 5.32 Å². The standard InChI is InChI=1S/C40H49BrN4O8/c1-3-5-16-32(47)42-25-31(28-14-10-7-11-15-28)52-39(50)33-34-37(48)45(30(26-46)27-12-8-6-9-13-27)36(40(34)24-29(41)35(33)53-40)38(49)44(17-4-2)19-18-43-20-22-51-23-21-43/h3-4,6-15,29-31,33-36,46H,1-2,5,16-26H2,(H,42,47)/t29?,30-,31-,33-,34+,35-,36-,40+/m1/s1. The van der Waals surface area contributed by atoms with Crippen LogP contribution in [-0.2, 0) is 33.4 Å². The van der Waals surface area contributed by atoms with E-state index in [1.807, 2.05) is 60.7 Å². The second kappa shape index (κ2) is 17.5. The number of aliphatic hydroxyl groups excluding tert-OH is 1. The zero-order valence-corrected chi connectivity index (χ0v) is 31.5. The fourth-order valence-electron chi connectivity index (χ4n) is 8.33. The van der Waals surface area contributed by atoms with Crippen molar-refractivity contribution < 1.29 is 38.5 Å². The number of rotatable bonds is 17. The zero-order valence-electron chi connectivity index (χ0n) is 29.9. The molecule has 1 unspecified atom stereocenters. The first-order valence-electron chi connectivity index (χ1n) is 18.4. The lowest BCUT2D eigenvalue weighted by Crippen LogP contribution is -2.58. The summed E-state index contributed by atoms with van der Waals surface area (Å²) in [5, 5.41) is 13.8. The van der Waals surface area contributed by atoms with E-state index in [0.29, 0.717) is 50.3 Å². The molecule has 0 aromatic heterocycles. The van der Waals surface area contributed by atoms with E-state index in [-0.39, 0.29) is 36.2 Å². The molecule has 4 aliphatic heterocycles. The van der Waals surface area contributed by atoms with Crippen molar-refractivity contribution in [1.29, 1.82) is 0 Å². The lowest BCUT2D eigenvalue weighted by atomic mass is 9.70. The summed E-state index contributed by atoms with van der Waals surface area (Å²) in [5.41, 5.74) is -0.0453. The van der Waals surface area contributed by atoms with Crippen LogP contribution >= 0.6 is 15.9 Å². The molecule has 6 rings (SSSR count). The molecule has 8 atom stereocenters. The van der Waals surface area contributed by atoms with Gasteiger partial charge in [0.05, 0.1) is 50.3 Å². The van der Waals surface area contributed by atoms with Crippen LogP contribution in [0.5, 0.6) is 0 Å². The Kier molecular flexibility index (Phi) is 12.8. The van der Waals surface area contributed by atoms with Crippen LogP contribution in [0.3, 0.4) is 0 Å². The number of benzene rings is 2. The third-order valence-corrected chi connectivity index (χ3v) is 11.7. The number of likely N-dealkylation sites (tertiary alicyclic amines) is 1. The number of hydrogen-bond acceptors (Lipinski definition) is 9. The predicted molar refractivity (Wildman–Crippen MR) is 201 cm³/mol. The van der Waals surface area contributed by atoms with E-state index in [0.717, 1.165) is 13.1 Å². The highest BCUT2D eigenvalue weighted by Crippen LogP contribution is 2.61. The van der Waals surface area contributed by atoms with Crippen molar-refractivity contribution >= 4 is 39.6 Å². The van der Waals surface area contributed by atoms with Crippen LogP contribution in [0.1, 0.15) is 42.5 Å². The van der Waals surface area contributed by atoms with Gasteiger partial charge in [-0.3, -0.25) is 24.1 Å². The number of amides is 3. The van der Waals surface area contributed by atoms with Crippen molar-refractivity contribution in [2.45, 2.75) is 54.0 Å². The number of allylic oxidation sites excluding steroid dienone is 1. The summed E-state index contributed by atoms with van der Waals surface area (Å²) < 4.78 is 18.5. The predicted octanol–water partition coefficient (Wildman–Crippen LogP) is 3.18. The average molecular weight is 794 g/mol. The molecule has 4 fully saturated rings. The number of esters is 1. The SMILES string of the molecule is C=CCCC(=O)NC[C@@H](OC(=O)[C@H]1[C@@H]2O[C@@]3(CC2Br)[C@@H]1C(=O)N([C@H](CO)c1ccccc1)[C@@H]3C(=O)N(CC=C)CCN1CCOCC1)c1ccccc1. The summed E-state index contributed by atoms with van der Waals surface area (Å²) in [6.07, 6.45) is 2.78. The molecular formula is C40H49BrN4O8. The average Bonchev–Trinajstić information content (AvgIpc) is 3.78. The van der Waals surface area contributed by atoms with Gasteiger partial charge in [0.1, 0.15) is 17.7 Å². The molecule has 4 heterocycles. The quantitative estimate of drug-likeness (QED) is 0.141. The number of carbonyl (C=O) groups is 4. The smallest absolute Gasteiger partial charge is 0.313 e. The maximum absolute atomic E-state index is 15.0. The fourth-order valence-corrected chi connectivity index (χ4v) is 9.27. The number of alkyl halides is 1. The van der Waals surface area contributed by atoms with Gasteiger partial charge in [-0.05, 0) is 24.0 Å². The number of nitrogens with zero attached hydrogens (tertiary/aromatic N) is 3. The lowest BCUT2D eigenvalue weighted by molar-refractivity contribution is -0.161. The minimum atomic E-state index is -1.38. The highest BCUT2D eigenvalue weighted by atomic mass is 79.9. The molecular weight excluding hydrogens is 744 g/mol. The van der Waals surface area contributed by atoms with Gasteiger partial charge < -0.3 is 34.4 Å². The van der Waals surface area contributed by atoms with Gasteiger partial charge in [-0.25, -0.2) is 0 Å². The Hall–Kier alpha value is -3.88. The fraction of sp³-hybridized carbons (Fsp3) is 0.500. The Morgan fingerprint density at radius 2 is 1.74 bits per heavy atom. The third-order valence-electron chi connectivity index (χ3n) is 10.9. The minimum absolute atomic E-state index is 0.0267. The number of fused-ring (bicyclic) bond motifs is 1. The van der Waals surface area contributed by atoms with Gasteiger partial charge in [-0.2, -0.15) is 0 Å². The van der Waals surface area contributed by atoms with Gasteiger partial charge in [0.15, 0.2) is 0 Å². The summed E-state index contributed by atoms with van der Waals surface area (Å²) in [6, 6.07) is 16.2. The first kappa shape index (κ1) is 38.8. The van der Waals surface area contributed by atoms with Crippen LogP contribution in [0.2, 0.25) is 0 Å². The summed E-state index contributed by atoms with van der Waals surface area (Å²) in [4.78, 5) is 62.0. The van der Waals surface area contributed by atoms with Crippen molar-refractivity contribution in [2.75, 3.05) is 59.1 Å². The topological polar surface area (TPSA) is 138 Å². The molecule has 2 bridgehead atoms. The van der Waals surface area contributed by atoms with Crippen LogP contribution in [0.15, 0.2) is 86.0 Å². The van der Waals surface area contributed by atoms with Gasteiger partial charge in [0.2, 0.25) is 17.7 Å². The van der Waals surface area contributed by atoms with E-state index in [9.17, 15) is 19.5 Å². The van der Waals surface area contributed by atoms with Gasteiger partial charge in [0.25, 0.3) is 0 Å². The number of halogens is 1. The van der Waals surface area contributed by atoms with Gasteiger partial charge in [-0.1, -0.05) is 88.7 Å². The molecule has 284 valence electrons. The monoisotopic (exact) mass is 792 g/mol. The first-order valence-corrected chi connectivity index (χ1v) is 19.3. The van der Waals surface area contributed by atoms with E-state index in [1.54, 1.807) is 17.1 Å². The summed E-state index contributed by atoms with van der Waals surface area (Å²) in [6.45, 7) is 11.1. The maximum Gasteiger partial charge on any atom is 0.313 e. The maximum atomic E-state index is 15.0. The normalized spacial score (nSPS) is 27.5. The first-order chi connectivity index (χ1) is 25.7. The van der Waals surface area contributed by atoms with Crippen molar-refractivity contribution in [1.82, 2.24) is 20.0 Å². The number of morpholine rings is 1. The van der Waals surface area contributed by atoms with E-state index in [2.05, 4.69) is 39.3 Å². The molecule has 1 spiro atoms. The van der Waals surface area contributed by atoms with Crippen LogP contribution in [0.25, 0.3) is 0 Å². The Bertz CT molecular complexity index is 1620. The Labute approximate surface area is 319 Å². The third kappa shape index (κ3) is 8.00. The molecule has 0 radical (unpaired) electrons. The molecule has 13 heteroatoms. The number of carbonyl (C=O) groups excluding carboxylic acids is 4. The van der Waals surface area contributed by atoms with Crippen molar-refractivity contribution in [3.05, 3.63) is 97.1 Å².